The second-order valence-electron chi connectivity index (χ2n) is 6.15. The van der Waals surface area contributed by atoms with Crippen molar-refractivity contribution >= 4 is 17.2 Å². The van der Waals surface area contributed by atoms with Crippen LogP contribution in [0.4, 0.5) is 5.69 Å². The van der Waals surface area contributed by atoms with Crippen molar-refractivity contribution in [3.63, 3.8) is 0 Å². The Morgan fingerprint density at radius 1 is 1.25 bits per heavy atom. The van der Waals surface area contributed by atoms with Gasteiger partial charge in [0.15, 0.2) is 5.65 Å². The molecule has 3 heterocycles. The molecule has 0 aliphatic carbocycles. The van der Waals surface area contributed by atoms with Crippen molar-refractivity contribution in [3.05, 3.63) is 64.2 Å². The molecule has 1 aliphatic heterocycles. The summed E-state index contributed by atoms with van der Waals surface area (Å²) in [7, 11) is 0. The Labute approximate surface area is 138 Å². The fraction of sp³-hybridized carbons (Fsp3) is 0.278. The third kappa shape index (κ3) is 2.40. The molecule has 6 heteroatoms. The smallest absolute Gasteiger partial charge is 0.311 e. The fourth-order valence-corrected chi connectivity index (χ4v) is 3.27. The highest BCUT2D eigenvalue weighted by Gasteiger charge is 2.23. The van der Waals surface area contributed by atoms with Crippen LogP contribution in [0, 0.1) is 6.92 Å². The van der Waals surface area contributed by atoms with Gasteiger partial charge in [0.25, 0.3) is 0 Å². The highest BCUT2D eigenvalue weighted by atomic mass is 16.2. The maximum absolute atomic E-state index is 12.8. The van der Waals surface area contributed by atoms with Gasteiger partial charge in [-0.3, -0.25) is 9.20 Å². The van der Waals surface area contributed by atoms with Gasteiger partial charge in [0, 0.05) is 18.4 Å². The maximum atomic E-state index is 12.8. The van der Waals surface area contributed by atoms with Crippen molar-refractivity contribution in [1.29, 1.82) is 0 Å². The Hall–Kier alpha value is -2.89. The lowest BCUT2D eigenvalue weighted by Gasteiger charge is -2.29. The van der Waals surface area contributed by atoms with Gasteiger partial charge in [-0.2, -0.15) is 0 Å². The molecule has 6 nitrogen and oxygen atoms in total. The maximum Gasteiger partial charge on any atom is 0.350 e. The minimum absolute atomic E-state index is 0.0478. The zero-order valence-corrected chi connectivity index (χ0v) is 13.5. The number of benzene rings is 1. The number of carbonyl (C=O) groups excluding carboxylic acids is 1. The first kappa shape index (κ1) is 14.7. The molecule has 1 aromatic carbocycles. The predicted octanol–water partition coefficient (Wildman–Crippen LogP) is 1.78. The van der Waals surface area contributed by atoms with E-state index in [4.69, 9.17) is 0 Å². The molecule has 0 saturated carbocycles. The van der Waals surface area contributed by atoms with Gasteiger partial charge >= 0.3 is 5.69 Å². The lowest BCUT2D eigenvalue weighted by molar-refractivity contribution is -0.119. The van der Waals surface area contributed by atoms with Crippen molar-refractivity contribution in [2.75, 3.05) is 11.4 Å². The van der Waals surface area contributed by atoms with E-state index in [-0.39, 0.29) is 18.1 Å². The summed E-state index contributed by atoms with van der Waals surface area (Å²) < 4.78 is 2.68. The zero-order valence-electron chi connectivity index (χ0n) is 13.5. The molecule has 2 aromatic heterocycles. The largest absolute Gasteiger partial charge is 0.350 e. The molecule has 0 atom stereocenters. The van der Waals surface area contributed by atoms with Crippen LogP contribution < -0.4 is 10.6 Å². The van der Waals surface area contributed by atoms with Gasteiger partial charge in [-0.15, -0.1) is 5.10 Å². The summed E-state index contributed by atoms with van der Waals surface area (Å²) in [4.78, 5) is 26.9. The molecule has 24 heavy (non-hydrogen) atoms. The van der Waals surface area contributed by atoms with Crippen LogP contribution in [0.5, 0.6) is 0 Å². The third-order valence-electron chi connectivity index (χ3n) is 4.43. The Bertz CT molecular complexity index is 986. The van der Waals surface area contributed by atoms with Crippen LogP contribution in [0.25, 0.3) is 5.65 Å². The predicted molar refractivity (Wildman–Crippen MR) is 91.3 cm³/mol. The van der Waals surface area contributed by atoms with Gasteiger partial charge in [0.1, 0.15) is 6.54 Å². The molecule has 0 fully saturated rings. The SMILES string of the molecule is Cc1ccc2c(c1)CCCN2C(=O)Cn1nc2ccccn2c1=O. The molecule has 1 amide bonds. The summed E-state index contributed by atoms with van der Waals surface area (Å²) in [5, 5.41) is 4.24. The molecule has 0 N–H and O–H groups in total. The Morgan fingerprint density at radius 2 is 2.12 bits per heavy atom. The van der Waals surface area contributed by atoms with Crippen molar-refractivity contribution in [1.82, 2.24) is 14.2 Å². The first-order valence-corrected chi connectivity index (χ1v) is 8.07. The van der Waals surface area contributed by atoms with Crippen LogP contribution in [0.3, 0.4) is 0 Å². The third-order valence-corrected chi connectivity index (χ3v) is 4.43. The van der Waals surface area contributed by atoms with Crippen LogP contribution in [0.2, 0.25) is 0 Å². The average Bonchev–Trinajstić information content (AvgIpc) is 2.90. The number of amides is 1. The van der Waals surface area contributed by atoms with E-state index in [1.165, 1.54) is 20.2 Å². The standard InChI is InChI=1S/C18H18N4O2/c1-13-7-8-15-14(11-13)5-4-10-20(15)17(23)12-22-18(24)21-9-3-2-6-16(21)19-22/h2-3,6-9,11H,4-5,10,12H2,1H3. The molecule has 1 aliphatic rings. The van der Waals surface area contributed by atoms with Crippen molar-refractivity contribution in [3.8, 4) is 0 Å². The minimum Gasteiger partial charge on any atom is -0.311 e. The van der Waals surface area contributed by atoms with Crippen LogP contribution in [-0.2, 0) is 17.8 Å². The fourth-order valence-electron chi connectivity index (χ4n) is 3.27. The van der Waals surface area contributed by atoms with Crippen molar-refractivity contribution in [2.45, 2.75) is 26.3 Å². The number of aromatic nitrogens is 3. The van der Waals surface area contributed by atoms with E-state index in [1.807, 2.05) is 18.2 Å². The number of hydrogen-bond acceptors (Lipinski definition) is 3. The molecule has 3 aromatic rings. The zero-order chi connectivity index (χ0) is 16.7. The summed E-state index contributed by atoms with van der Waals surface area (Å²) >= 11 is 0. The quantitative estimate of drug-likeness (QED) is 0.723. The van der Waals surface area contributed by atoms with Gasteiger partial charge < -0.3 is 4.90 Å². The number of nitrogens with zero attached hydrogens (tertiary/aromatic N) is 4. The number of anilines is 1. The monoisotopic (exact) mass is 322 g/mol. The summed E-state index contributed by atoms with van der Waals surface area (Å²) in [5.74, 6) is -0.106. The Balaban J connectivity index is 1.65. The van der Waals surface area contributed by atoms with Crippen LogP contribution in [0.15, 0.2) is 47.4 Å². The molecule has 122 valence electrons. The van der Waals surface area contributed by atoms with E-state index in [0.29, 0.717) is 12.2 Å². The van der Waals surface area contributed by atoms with E-state index in [1.54, 1.807) is 23.2 Å². The first-order valence-electron chi connectivity index (χ1n) is 8.07. The number of hydrogen-bond donors (Lipinski definition) is 0. The second-order valence-corrected chi connectivity index (χ2v) is 6.15. The number of fused-ring (bicyclic) bond motifs is 2. The topological polar surface area (TPSA) is 59.6 Å². The van der Waals surface area contributed by atoms with Gasteiger partial charge in [-0.25, -0.2) is 9.48 Å². The average molecular weight is 322 g/mol. The molecular weight excluding hydrogens is 304 g/mol. The van der Waals surface area contributed by atoms with Gasteiger partial charge in [0.2, 0.25) is 5.91 Å². The lowest BCUT2D eigenvalue weighted by atomic mass is 9.99. The molecule has 0 saturated heterocycles. The van der Waals surface area contributed by atoms with Gasteiger partial charge in [-0.1, -0.05) is 23.8 Å². The van der Waals surface area contributed by atoms with E-state index >= 15 is 0 Å². The van der Waals surface area contributed by atoms with Crippen molar-refractivity contribution < 1.29 is 4.79 Å². The Morgan fingerprint density at radius 3 is 2.96 bits per heavy atom. The normalized spacial score (nSPS) is 14.0. The summed E-state index contributed by atoms with van der Waals surface area (Å²) in [6, 6.07) is 11.5. The number of pyridine rings is 1. The van der Waals surface area contributed by atoms with Crippen LogP contribution in [-0.4, -0.2) is 26.6 Å². The number of rotatable bonds is 2. The highest BCUT2D eigenvalue weighted by Crippen LogP contribution is 2.28. The Kier molecular flexibility index (Phi) is 3.45. The van der Waals surface area contributed by atoms with Gasteiger partial charge in [-0.05, 0) is 43.5 Å². The van der Waals surface area contributed by atoms with E-state index in [0.717, 1.165) is 18.5 Å². The molecule has 4 rings (SSSR count). The highest BCUT2D eigenvalue weighted by molar-refractivity contribution is 5.94. The number of aryl methyl sites for hydroxylation is 2. The molecule has 0 spiro atoms. The lowest BCUT2D eigenvalue weighted by Crippen LogP contribution is -2.39. The van der Waals surface area contributed by atoms with Crippen LogP contribution in [0.1, 0.15) is 17.5 Å². The molecule has 0 radical (unpaired) electrons. The summed E-state index contributed by atoms with van der Waals surface area (Å²) in [6.45, 7) is 2.68. The molecule has 0 bridgehead atoms. The van der Waals surface area contributed by atoms with Crippen molar-refractivity contribution in [2.24, 2.45) is 0 Å². The first-order chi connectivity index (χ1) is 11.6. The summed E-state index contributed by atoms with van der Waals surface area (Å²) in [5.41, 5.74) is 3.59. The van der Waals surface area contributed by atoms with Crippen LogP contribution >= 0.6 is 0 Å². The number of carbonyl (C=O) groups is 1. The molecule has 0 unspecified atom stereocenters. The van der Waals surface area contributed by atoms with E-state index in [9.17, 15) is 9.59 Å². The molecular formula is C18H18N4O2. The van der Waals surface area contributed by atoms with E-state index in [2.05, 4.69) is 18.1 Å². The van der Waals surface area contributed by atoms with Gasteiger partial charge in [0.05, 0.1) is 0 Å². The summed E-state index contributed by atoms with van der Waals surface area (Å²) in [6.07, 6.45) is 3.57. The minimum atomic E-state index is -0.292. The van der Waals surface area contributed by atoms with E-state index < -0.39 is 0 Å². The second kappa shape index (κ2) is 5.63.